The van der Waals surface area contributed by atoms with E-state index in [4.69, 9.17) is 34.0 Å². The fraction of sp³-hybridized carbons (Fsp3) is 0.323. The van der Waals surface area contributed by atoms with Crippen LogP contribution in [0.2, 0.25) is 0 Å². The molecule has 0 saturated carbocycles. The van der Waals surface area contributed by atoms with E-state index in [1.54, 1.807) is 21.3 Å². The molecule has 5 aromatic rings. The van der Waals surface area contributed by atoms with Gasteiger partial charge in [-0.05, 0) is 31.2 Å². The van der Waals surface area contributed by atoms with Crippen LogP contribution in [0.1, 0.15) is 16.8 Å². The third-order valence-electron chi connectivity index (χ3n) is 7.33. The van der Waals surface area contributed by atoms with Gasteiger partial charge in [0.05, 0.1) is 64.0 Å². The van der Waals surface area contributed by atoms with Crippen LogP contribution in [0.25, 0.3) is 28.2 Å². The number of hydrogen-bond donors (Lipinski definition) is 0. The summed E-state index contributed by atoms with van der Waals surface area (Å²) in [5, 5.41) is 5.02. The standard InChI is InChI=1S/C31H34N6O4/c1-21-6-5-7-22(14-21)26-15-24(19-38-2)37(34-26)29-17-27(35-10-12-41-13-11-35)30-31(33-29)36(20-32-30)18-23-8-9-25(39-3)16-28(23)40-4/h5-9,14-17,20H,10-13,18-19H2,1-4H3. The second-order valence-electron chi connectivity index (χ2n) is 10.1. The van der Waals surface area contributed by atoms with Gasteiger partial charge in [-0.3, -0.25) is 0 Å². The van der Waals surface area contributed by atoms with E-state index in [9.17, 15) is 0 Å². The molecule has 10 heteroatoms. The van der Waals surface area contributed by atoms with Crippen LogP contribution in [0, 0.1) is 6.92 Å². The van der Waals surface area contributed by atoms with Crippen molar-refractivity contribution in [1.82, 2.24) is 24.3 Å². The summed E-state index contributed by atoms with van der Waals surface area (Å²) in [5.41, 5.74) is 7.60. The summed E-state index contributed by atoms with van der Waals surface area (Å²) < 4.78 is 26.2. The molecular weight excluding hydrogens is 520 g/mol. The molecule has 10 nitrogen and oxygen atoms in total. The van der Waals surface area contributed by atoms with Crippen LogP contribution in [0.4, 0.5) is 5.69 Å². The molecule has 0 bridgehead atoms. The van der Waals surface area contributed by atoms with Crippen molar-refractivity contribution in [2.75, 3.05) is 52.5 Å². The van der Waals surface area contributed by atoms with E-state index in [2.05, 4.69) is 42.2 Å². The lowest BCUT2D eigenvalue weighted by atomic mass is 10.1. The monoisotopic (exact) mass is 554 g/mol. The first-order valence-electron chi connectivity index (χ1n) is 13.6. The van der Waals surface area contributed by atoms with Gasteiger partial charge < -0.3 is 28.4 Å². The number of nitrogens with zero attached hydrogens (tertiary/aromatic N) is 6. The molecule has 1 saturated heterocycles. The van der Waals surface area contributed by atoms with Crippen molar-refractivity contribution in [3.63, 3.8) is 0 Å². The first-order chi connectivity index (χ1) is 20.1. The molecule has 212 valence electrons. The van der Waals surface area contributed by atoms with Crippen LogP contribution >= 0.6 is 0 Å². The number of imidazole rings is 1. The second kappa shape index (κ2) is 11.6. The molecule has 3 aromatic heterocycles. The lowest BCUT2D eigenvalue weighted by Gasteiger charge is -2.29. The van der Waals surface area contributed by atoms with Gasteiger partial charge in [-0.25, -0.2) is 14.6 Å². The minimum absolute atomic E-state index is 0.397. The lowest BCUT2D eigenvalue weighted by Crippen LogP contribution is -2.36. The molecule has 0 aliphatic carbocycles. The van der Waals surface area contributed by atoms with Gasteiger partial charge in [-0.1, -0.05) is 23.8 Å². The highest BCUT2D eigenvalue weighted by Gasteiger charge is 2.22. The van der Waals surface area contributed by atoms with E-state index in [0.717, 1.165) is 64.0 Å². The number of hydrogen-bond acceptors (Lipinski definition) is 8. The Hall–Kier alpha value is -4.41. The summed E-state index contributed by atoms with van der Waals surface area (Å²) in [4.78, 5) is 12.3. The molecule has 2 aromatic carbocycles. The van der Waals surface area contributed by atoms with Crippen molar-refractivity contribution in [3.05, 3.63) is 77.7 Å². The van der Waals surface area contributed by atoms with Crippen molar-refractivity contribution < 1.29 is 18.9 Å². The van der Waals surface area contributed by atoms with E-state index < -0.39 is 0 Å². The second-order valence-corrected chi connectivity index (χ2v) is 10.1. The normalized spacial score (nSPS) is 13.6. The average molecular weight is 555 g/mol. The van der Waals surface area contributed by atoms with Gasteiger partial charge >= 0.3 is 0 Å². The van der Waals surface area contributed by atoms with Crippen LogP contribution in [-0.2, 0) is 22.6 Å². The summed E-state index contributed by atoms with van der Waals surface area (Å²) in [6, 6.07) is 18.3. The maximum atomic E-state index is 5.67. The summed E-state index contributed by atoms with van der Waals surface area (Å²) in [7, 11) is 5.00. The molecule has 0 spiro atoms. The number of pyridine rings is 1. The molecule has 0 radical (unpaired) electrons. The van der Waals surface area contributed by atoms with Gasteiger partial charge in [0.1, 0.15) is 17.0 Å². The van der Waals surface area contributed by atoms with Crippen molar-refractivity contribution in [2.45, 2.75) is 20.1 Å². The van der Waals surface area contributed by atoms with E-state index in [-0.39, 0.29) is 0 Å². The Balaban J connectivity index is 1.49. The number of rotatable bonds is 9. The minimum atomic E-state index is 0.397. The Labute approximate surface area is 239 Å². The smallest absolute Gasteiger partial charge is 0.164 e. The maximum Gasteiger partial charge on any atom is 0.164 e. The number of aromatic nitrogens is 5. The van der Waals surface area contributed by atoms with Crippen molar-refractivity contribution in [3.8, 4) is 28.6 Å². The van der Waals surface area contributed by atoms with Gasteiger partial charge in [0, 0.05) is 43.5 Å². The van der Waals surface area contributed by atoms with E-state index in [1.165, 1.54) is 5.56 Å². The SMILES string of the molecule is COCc1cc(-c2cccc(C)c2)nn1-c1cc(N2CCOCC2)c2ncn(Cc3ccc(OC)cc3OC)c2n1. The molecule has 1 fully saturated rings. The highest BCUT2D eigenvalue weighted by molar-refractivity contribution is 5.88. The van der Waals surface area contributed by atoms with Crippen molar-refractivity contribution in [2.24, 2.45) is 0 Å². The molecule has 1 aliphatic rings. The maximum absolute atomic E-state index is 5.67. The fourth-order valence-electron chi connectivity index (χ4n) is 5.25. The van der Waals surface area contributed by atoms with Crippen LogP contribution in [0.5, 0.6) is 11.5 Å². The number of morpholine rings is 1. The third kappa shape index (κ3) is 5.36. The summed E-state index contributed by atoms with van der Waals surface area (Å²) >= 11 is 0. The quantitative estimate of drug-likeness (QED) is 0.260. The highest BCUT2D eigenvalue weighted by Crippen LogP contribution is 2.32. The van der Waals surface area contributed by atoms with Crippen molar-refractivity contribution in [1.29, 1.82) is 0 Å². The van der Waals surface area contributed by atoms with Crippen LogP contribution < -0.4 is 14.4 Å². The predicted octanol–water partition coefficient (Wildman–Crippen LogP) is 4.64. The molecule has 6 rings (SSSR count). The van der Waals surface area contributed by atoms with Gasteiger partial charge in [0.2, 0.25) is 0 Å². The van der Waals surface area contributed by atoms with E-state index >= 15 is 0 Å². The summed E-state index contributed by atoms with van der Waals surface area (Å²) in [5.74, 6) is 2.19. The zero-order valence-corrected chi connectivity index (χ0v) is 23.8. The van der Waals surface area contributed by atoms with Crippen molar-refractivity contribution >= 4 is 16.9 Å². The van der Waals surface area contributed by atoms with Crippen LogP contribution in [0.15, 0.2) is 60.9 Å². The Bertz CT molecular complexity index is 1670. The van der Waals surface area contributed by atoms with Crippen LogP contribution in [-0.4, -0.2) is 71.9 Å². The van der Waals surface area contributed by atoms with Gasteiger partial charge in [0.15, 0.2) is 11.5 Å². The lowest BCUT2D eigenvalue weighted by molar-refractivity contribution is 0.123. The molecular formula is C31H34N6O4. The number of ether oxygens (including phenoxy) is 4. The Morgan fingerprint density at radius 2 is 1.80 bits per heavy atom. The number of anilines is 1. The first kappa shape index (κ1) is 26.8. The third-order valence-corrected chi connectivity index (χ3v) is 7.33. The average Bonchev–Trinajstić information content (AvgIpc) is 3.62. The largest absolute Gasteiger partial charge is 0.497 e. The Kier molecular flexibility index (Phi) is 7.58. The molecule has 1 aliphatic heterocycles. The number of aryl methyl sites for hydroxylation is 1. The molecule has 41 heavy (non-hydrogen) atoms. The Morgan fingerprint density at radius 3 is 2.56 bits per heavy atom. The topological polar surface area (TPSA) is 88.7 Å². The molecule has 0 unspecified atom stereocenters. The van der Waals surface area contributed by atoms with Gasteiger partial charge in [-0.15, -0.1) is 0 Å². The number of benzene rings is 2. The molecule has 0 N–H and O–H groups in total. The predicted molar refractivity (Wildman–Crippen MR) is 157 cm³/mol. The number of fused-ring (bicyclic) bond motifs is 1. The minimum Gasteiger partial charge on any atom is -0.497 e. The van der Waals surface area contributed by atoms with Crippen LogP contribution in [0.3, 0.4) is 0 Å². The Morgan fingerprint density at radius 1 is 0.951 bits per heavy atom. The molecule has 4 heterocycles. The summed E-state index contributed by atoms with van der Waals surface area (Å²) in [6.07, 6.45) is 1.84. The van der Waals surface area contributed by atoms with Gasteiger partial charge in [0.25, 0.3) is 0 Å². The zero-order valence-electron chi connectivity index (χ0n) is 23.8. The fourth-order valence-corrected chi connectivity index (χ4v) is 5.25. The van der Waals surface area contributed by atoms with E-state index in [0.29, 0.717) is 32.2 Å². The van der Waals surface area contributed by atoms with Gasteiger partial charge in [-0.2, -0.15) is 5.10 Å². The highest BCUT2D eigenvalue weighted by atomic mass is 16.5. The summed E-state index contributed by atoms with van der Waals surface area (Å²) in [6.45, 7) is 5.88. The zero-order chi connectivity index (χ0) is 28.3. The molecule has 0 amide bonds. The number of methoxy groups -OCH3 is 3. The van der Waals surface area contributed by atoms with E-state index in [1.807, 2.05) is 39.8 Å². The first-order valence-corrected chi connectivity index (χ1v) is 13.6. The molecule has 0 atom stereocenters.